The number of hydrogen-bond donors (Lipinski definition) is 0. The lowest BCUT2D eigenvalue weighted by atomic mass is 9.78. The Kier molecular flexibility index (Phi) is 6.62. The van der Waals surface area contributed by atoms with Gasteiger partial charge < -0.3 is 4.74 Å². The summed E-state index contributed by atoms with van der Waals surface area (Å²) in [4.78, 5) is 0. The first-order valence-corrected chi connectivity index (χ1v) is 17.5. The quantitative estimate of drug-likeness (QED) is 0.361. The van der Waals surface area contributed by atoms with Crippen molar-refractivity contribution in [1.29, 1.82) is 0 Å². The summed E-state index contributed by atoms with van der Waals surface area (Å²) in [5, 5.41) is 1.61. The van der Waals surface area contributed by atoms with E-state index in [-0.39, 0.29) is 11.0 Å². The van der Waals surface area contributed by atoms with Gasteiger partial charge in [-0.25, -0.2) is 0 Å². The van der Waals surface area contributed by atoms with Crippen LogP contribution < -0.4 is 9.92 Å². The maximum atomic E-state index is 7.01. The highest BCUT2D eigenvalue weighted by Gasteiger charge is 2.55. The lowest BCUT2D eigenvalue weighted by Gasteiger charge is -2.45. The molecule has 0 amide bonds. The van der Waals surface area contributed by atoms with Crippen LogP contribution in [0.5, 0.6) is 5.75 Å². The molecule has 1 nitrogen and oxygen atoms in total. The fourth-order valence-electron chi connectivity index (χ4n) is 8.52. The summed E-state index contributed by atoms with van der Waals surface area (Å²) >= 11 is 0. The molecule has 200 valence electrons. The van der Waals surface area contributed by atoms with Crippen molar-refractivity contribution in [3.05, 3.63) is 64.2 Å². The van der Waals surface area contributed by atoms with Crippen molar-refractivity contribution in [3.8, 4) is 5.75 Å². The van der Waals surface area contributed by atoms with Crippen LogP contribution in [0.15, 0.2) is 36.4 Å². The number of benzene rings is 2. The Bertz CT molecular complexity index is 1220. The molecule has 37 heavy (non-hydrogen) atoms. The van der Waals surface area contributed by atoms with Crippen LogP contribution >= 0.6 is 0 Å². The van der Waals surface area contributed by atoms with Gasteiger partial charge in [0, 0.05) is 0 Å². The number of rotatable bonds is 5. The van der Waals surface area contributed by atoms with Gasteiger partial charge in [-0.15, -0.1) is 0 Å². The van der Waals surface area contributed by atoms with E-state index in [9.17, 15) is 0 Å². The molecule has 3 aliphatic carbocycles. The summed E-state index contributed by atoms with van der Waals surface area (Å²) in [6.45, 7) is 23.6. The number of hydrogen-bond acceptors (Lipinski definition) is 1. The lowest BCUT2D eigenvalue weighted by Crippen LogP contribution is -2.55. The molecule has 0 bridgehead atoms. The zero-order valence-electron chi connectivity index (χ0n) is 25.2. The van der Waals surface area contributed by atoms with Crippen LogP contribution in [0.3, 0.4) is 0 Å². The van der Waals surface area contributed by atoms with Crippen LogP contribution in [0.1, 0.15) is 109 Å². The van der Waals surface area contributed by atoms with E-state index >= 15 is 0 Å². The summed E-state index contributed by atoms with van der Waals surface area (Å²) in [5.74, 6) is 3.30. The predicted molar refractivity (Wildman–Crippen MR) is 163 cm³/mol. The van der Waals surface area contributed by atoms with E-state index in [0.717, 1.165) is 11.5 Å². The Labute approximate surface area is 228 Å². The van der Waals surface area contributed by atoms with Gasteiger partial charge in [-0.1, -0.05) is 95.6 Å². The van der Waals surface area contributed by atoms with Gasteiger partial charge in [0.15, 0.2) is 0 Å². The minimum Gasteiger partial charge on any atom is -0.488 e. The van der Waals surface area contributed by atoms with E-state index in [0.29, 0.717) is 11.8 Å². The van der Waals surface area contributed by atoms with Crippen LogP contribution in [0.2, 0.25) is 17.6 Å². The lowest BCUT2D eigenvalue weighted by molar-refractivity contribution is 0.129. The van der Waals surface area contributed by atoms with Gasteiger partial charge >= 0.3 is 0 Å². The second kappa shape index (κ2) is 9.14. The SMILES string of the molecule is CC[Si](CC)(c1cc(C)cc(C(C)(C)C)c1OC(C)(C)C)C1C(C)CC2c3cccc4c3C(=CC21)CC4. The summed E-state index contributed by atoms with van der Waals surface area (Å²) in [6, 6.07) is 14.7. The van der Waals surface area contributed by atoms with Gasteiger partial charge in [0.05, 0.1) is 8.07 Å². The molecule has 2 aromatic carbocycles. The summed E-state index contributed by atoms with van der Waals surface area (Å²) in [6.07, 6.45) is 6.59. The molecule has 5 rings (SSSR count). The van der Waals surface area contributed by atoms with Gasteiger partial charge in [-0.05, 0) is 109 Å². The molecule has 2 aromatic rings. The van der Waals surface area contributed by atoms with Crippen LogP contribution in [0.4, 0.5) is 0 Å². The molecule has 0 heterocycles. The first kappa shape index (κ1) is 26.8. The van der Waals surface area contributed by atoms with E-state index in [1.54, 1.807) is 27.5 Å². The molecular formula is C35H50OSi. The maximum absolute atomic E-state index is 7.01. The molecule has 1 fully saturated rings. The van der Waals surface area contributed by atoms with Crippen LogP contribution in [-0.2, 0) is 11.8 Å². The van der Waals surface area contributed by atoms with E-state index in [2.05, 4.69) is 106 Å². The zero-order chi connectivity index (χ0) is 26.9. The Hall–Kier alpha value is -1.80. The average Bonchev–Trinajstić information content (AvgIpc) is 3.37. The Morgan fingerprint density at radius 1 is 0.973 bits per heavy atom. The minimum absolute atomic E-state index is 0.0405. The molecule has 0 aromatic heterocycles. The van der Waals surface area contributed by atoms with Crippen LogP contribution in [-0.4, -0.2) is 13.7 Å². The van der Waals surface area contributed by atoms with Crippen LogP contribution in [0, 0.1) is 18.8 Å². The number of fused-ring (bicyclic) bond motifs is 2. The fourth-order valence-corrected chi connectivity index (χ4v) is 14.5. The fraction of sp³-hybridized carbons (Fsp3) is 0.600. The van der Waals surface area contributed by atoms with E-state index in [1.807, 2.05) is 0 Å². The Morgan fingerprint density at radius 2 is 1.68 bits per heavy atom. The molecule has 2 heteroatoms. The summed E-state index contributed by atoms with van der Waals surface area (Å²) in [5.41, 5.74) is 9.93. The van der Waals surface area contributed by atoms with Gasteiger partial charge in [0.1, 0.15) is 11.4 Å². The van der Waals surface area contributed by atoms with Crippen molar-refractivity contribution >= 4 is 18.8 Å². The van der Waals surface area contributed by atoms with Gasteiger partial charge in [-0.3, -0.25) is 0 Å². The second-order valence-corrected chi connectivity index (χ2v) is 19.4. The molecule has 0 N–H and O–H groups in total. The highest BCUT2D eigenvalue weighted by atomic mass is 28.3. The molecular weight excluding hydrogens is 464 g/mol. The molecule has 0 aliphatic heterocycles. The molecule has 1 saturated carbocycles. The highest BCUT2D eigenvalue weighted by Crippen LogP contribution is 2.61. The smallest absolute Gasteiger partial charge is 0.123 e. The van der Waals surface area contributed by atoms with Gasteiger partial charge in [0.2, 0.25) is 0 Å². The van der Waals surface area contributed by atoms with E-state index in [4.69, 9.17) is 4.74 Å². The number of ether oxygens (including phenoxy) is 1. The Morgan fingerprint density at radius 3 is 2.30 bits per heavy atom. The standard InChI is InChI=1S/C35H50OSi/c1-11-37(12-2,30-19-22(3)18-29(34(5,6)7)32(30)36-35(8,9)10)33-23(4)20-27-26-15-13-14-24-16-17-25(31(24)26)21-28(27)33/h13-15,18-19,21,23,27-28,33H,11-12,16-17,20H2,1-10H3. The average molecular weight is 515 g/mol. The monoisotopic (exact) mass is 514 g/mol. The third-order valence-corrected chi connectivity index (χ3v) is 16.2. The third-order valence-electron chi connectivity index (χ3n) is 9.96. The van der Waals surface area contributed by atoms with E-state index in [1.165, 1.54) is 48.2 Å². The largest absolute Gasteiger partial charge is 0.488 e. The third kappa shape index (κ3) is 4.36. The number of allylic oxidation sites excluding steroid dienone is 2. The van der Waals surface area contributed by atoms with Crippen molar-refractivity contribution in [1.82, 2.24) is 0 Å². The first-order valence-electron chi connectivity index (χ1n) is 15.0. The molecule has 0 saturated heterocycles. The normalized spacial score (nSPS) is 25.1. The molecule has 0 spiro atoms. The molecule has 4 atom stereocenters. The molecule has 0 radical (unpaired) electrons. The maximum Gasteiger partial charge on any atom is 0.123 e. The number of aryl methyl sites for hydroxylation is 2. The molecule has 4 unspecified atom stereocenters. The van der Waals surface area contributed by atoms with Crippen molar-refractivity contribution in [2.45, 2.75) is 123 Å². The first-order chi connectivity index (χ1) is 17.3. The zero-order valence-corrected chi connectivity index (χ0v) is 26.2. The van der Waals surface area contributed by atoms with Gasteiger partial charge in [0.25, 0.3) is 0 Å². The highest BCUT2D eigenvalue weighted by molar-refractivity contribution is 6.93. The van der Waals surface area contributed by atoms with Gasteiger partial charge in [-0.2, -0.15) is 0 Å². The van der Waals surface area contributed by atoms with Crippen molar-refractivity contribution in [2.24, 2.45) is 11.8 Å². The van der Waals surface area contributed by atoms with Crippen LogP contribution in [0.25, 0.3) is 5.57 Å². The topological polar surface area (TPSA) is 9.23 Å². The Balaban J connectivity index is 1.73. The van der Waals surface area contributed by atoms with Crippen molar-refractivity contribution in [2.75, 3.05) is 0 Å². The molecule has 3 aliphatic rings. The minimum atomic E-state index is -1.96. The van der Waals surface area contributed by atoms with E-state index < -0.39 is 8.07 Å². The van der Waals surface area contributed by atoms with Crippen molar-refractivity contribution < 1.29 is 4.74 Å². The summed E-state index contributed by atoms with van der Waals surface area (Å²) < 4.78 is 7.01. The predicted octanol–water partition coefficient (Wildman–Crippen LogP) is 9.32. The van der Waals surface area contributed by atoms with Crippen molar-refractivity contribution in [3.63, 3.8) is 0 Å². The second-order valence-electron chi connectivity index (χ2n) is 14.5. The summed E-state index contributed by atoms with van der Waals surface area (Å²) in [7, 11) is -1.96.